The first-order chi connectivity index (χ1) is 14.4. The van der Waals surface area contributed by atoms with Gasteiger partial charge in [0.15, 0.2) is 11.5 Å². The van der Waals surface area contributed by atoms with Gasteiger partial charge < -0.3 is 19.5 Å². The number of sulfonamides is 1. The fourth-order valence-corrected chi connectivity index (χ4v) is 4.23. The van der Waals surface area contributed by atoms with Crippen molar-refractivity contribution in [3.8, 4) is 11.5 Å². The monoisotopic (exact) mass is 434 g/mol. The predicted octanol–water partition coefficient (Wildman–Crippen LogP) is 2.80. The highest BCUT2D eigenvalue weighted by molar-refractivity contribution is 7.89. The van der Waals surface area contributed by atoms with Gasteiger partial charge in [0.25, 0.3) is 5.91 Å². The Kier molecular flexibility index (Phi) is 7.30. The number of amides is 1. The van der Waals surface area contributed by atoms with Crippen LogP contribution in [0.25, 0.3) is 0 Å². The third-order valence-corrected chi connectivity index (χ3v) is 6.07. The molecule has 2 aromatic rings. The van der Waals surface area contributed by atoms with Gasteiger partial charge >= 0.3 is 0 Å². The number of benzene rings is 2. The van der Waals surface area contributed by atoms with E-state index in [1.165, 1.54) is 25.3 Å². The van der Waals surface area contributed by atoms with Crippen LogP contribution in [0.15, 0.2) is 47.4 Å². The van der Waals surface area contributed by atoms with Gasteiger partial charge in [0.1, 0.15) is 0 Å². The Morgan fingerprint density at radius 1 is 1.20 bits per heavy atom. The van der Waals surface area contributed by atoms with Crippen molar-refractivity contribution in [1.29, 1.82) is 0 Å². The van der Waals surface area contributed by atoms with Crippen LogP contribution in [0.4, 0.5) is 5.69 Å². The van der Waals surface area contributed by atoms with Gasteiger partial charge in [0, 0.05) is 30.5 Å². The molecule has 8 nitrogen and oxygen atoms in total. The molecule has 0 bridgehead atoms. The minimum atomic E-state index is -3.75. The highest BCUT2D eigenvalue weighted by Gasteiger charge is 2.21. The summed E-state index contributed by atoms with van der Waals surface area (Å²) in [5.74, 6) is 0.630. The van der Waals surface area contributed by atoms with Crippen molar-refractivity contribution in [1.82, 2.24) is 4.72 Å². The number of ether oxygens (including phenoxy) is 3. The van der Waals surface area contributed by atoms with Crippen LogP contribution in [-0.2, 0) is 14.8 Å². The number of anilines is 1. The highest BCUT2D eigenvalue weighted by atomic mass is 32.2. The number of hydrogen-bond donors (Lipinski definition) is 2. The zero-order valence-corrected chi connectivity index (χ0v) is 17.8. The Bertz CT molecular complexity index is 987. The van der Waals surface area contributed by atoms with Crippen molar-refractivity contribution >= 4 is 21.6 Å². The van der Waals surface area contributed by atoms with E-state index in [9.17, 15) is 13.2 Å². The Balaban J connectivity index is 1.71. The largest absolute Gasteiger partial charge is 0.493 e. The van der Waals surface area contributed by atoms with E-state index >= 15 is 0 Å². The maximum atomic E-state index is 12.7. The van der Waals surface area contributed by atoms with Gasteiger partial charge in [0.2, 0.25) is 10.0 Å². The average molecular weight is 435 g/mol. The minimum Gasteiger partial charge on any atom is -0.493 e. The van der Waals surface area contributed by atoms with Crippen LogP contribution in [0, 0.1) is 0 Å². The van der Waals surface area contributed by atoms with Gasteiger partial charge in [-0.05, 0) is 50.1 Å². The molecule has 1 amide bonds. The molecule has 1 aliphatic heterocycles. The van der Waals surface area contributed by atoms with Crippen LogP contribution in [0.5, 0.6) is 11.5 Å². The average Bonchev–Trinajstić information content (AvgIpc) is 3.27. The van der Waals surface area contributed by atoms with Crippen molar-refractivity contribution in [2.75, 3.05) is 32.2 Å². The van der Waals surface area contributed by atoms with Gasteiger partial charge in [-0.1, -0.05) is 6.07 Å². The molecular weight excluding hydrogens is 408 g/mol. The van der Waals surface area contributed by atoms with Crippen LogP contribution in [-0.4, -0.2) is 47.3 Å². The number of carbonyl (C=O) groups is 1. The normalized spacial score (nSPS) is 16.3. The number of methoxy groups -OCH3 is 1. The summed E-state index contributed by atoms with van der Waals surface area (Å²) in [6.07, 6.45) is 1.65. The first-order valence-electron chi connectivity index (χ1n) is 9.76. The number of nitrogens with one attached hydrogen (secondary N) is 2. The van der Waals surface area contributed by atoms with Gasteiger partial charge in [-0.3, -0.25) is 4.79 Å². The fourth-order valence-electron chi connectivity index (χ4n) is 3.12. The molecule has 30 heavy (non-hydrogen) atoms. The maximum absolute atomic E-state index is 12.7. The van der Waals surface area contributed by atoms with Crippen LogP contribution >= 0.6 is 0 Å². The van der Waals surface area contributed by atoms with E-state index in [4.69, 9.17) is 14.2 Å². The molecule has 1 atom stereocenters. The highest BCUT2D eigenvalue weighted by Crippen LogP contribution is 2.30. The van der Waals surface area contributed by atoms with Crippen LogP contribution < -0.4 is 19.5 Å². The summed E-state index contributed by atoms with van der Waals surface area (Å²) in [5, 5.41) is 2.75. The molecule has 1 fully saturated rings. The van der Waals surface area contributed by atoms with E-state index in [1.807, 2.05) is 6.92 Å². The molecule has 0 aromatic heterocycles. The molecule has 0 spiro atoms. The zero-order chi connectivity index (χ0) is 21.6. The lowest BCUT2D eigenvalue weighted by molar-refractivity contribution is 0.102. The predicted molar refractivity (Wildman–Crippen MR) is 113 cm³/mol. The van der Waals surface area contributed by atoms with E-state index < -0.39 is 15.9 Å². The van der Waals surface area contributed by atoms with Crippen LogP contribution in [0.1, 0.15) is 30.1 Å². The van der Waals surface area contributed by atoms with Gasteiger partial charge in [-0.25, -0.2) is 13.1 Å². The lowest BCUT2D eigenvalue weighted by Crippen LogP contribution is -2.32. The molecule has 0 unspecified atom stereocenters. The number of rotatable bonds is 9. The van der Waals surface area contributed by atoms with Gasteiger partial charge in [-0.2, -0.15) is 0 Å². The number of carbonyl (C=O) groups excluding carboxylic acids is 1. The zero-order valence-electron chi connectivity index (χ0n) is 17.0. The SMILES string of the molecule is CCOc1ccc(NC(=O)c2cccc(S(=O)(=O)NC[C@H]3CCCO3)c2)cc1OC. The molecule has 0 radical (unpaired) electrons. The van der Waals surface area contributed by atoms with Gasteiger partial charge in [-0.15, -0.1) is 0 Å². The summed E-state index contributed by atoms with van der Waals surface area (Å²) < 4.78 is 43.9. The van der Waals surface area contributed by atoms with Crippen molar-refractivity contribution in [3.63, 3.8) is 0 Å². The second kappa shape index (κ2) is 9.92. The Hall–Kier alpha value is -2.62. The molecule has 1 heterocycles. The Morgan fingerprint density at radius 3 is 2.73 bits per heavy atom. The summed E-state index contributed by atoms with van der Waals surface area (Å²) in [4.78, 5) is 12.7. The summed E-state index contributed by atoms with van der Waals surface area (Å²) >= 11 is 0. The van der Waals surface area contributed by atoms with Crippen LogP contribution in [0.2, 0.25) is 0 Å². The topological polar surface area (TPSA) is 103 Å². The van der Waals surface area contributed by atoms with E-state index in [0.29, 0.717) is 30.4 Å². The molecule has 1 aliphatic rings. The minimum absolute atomic E-state index is 0.0254. The Morgan fingerprint density at radius 2 is 2.03 bits per heavy atom. The molecular formula is C21H26N2O6S. The first kappa shape index (κ1) is 22.1. The van der Waals surface area contributed by atoms with Crippen molar-refractivity contribution in [2.24, 2.45) is 0 Å². The van der Waals surface area contributed by atoms with E-state index in [1.54, 1.807) is 24.3 Å². The molecule has 9 heteroatoms. The third kappa shape index (κ3) is 5.50. The van der Waals surface area contributed by atoms with Crippen LogP contribution in [0.3, 0.4) is 0 Å². The summed E-state index contributed by atoms with van der Waals surface area (Å²) in [6, 6.07) is 10.9. The second-order valence-corrected chi connectivity index (χ2v) is 8.53. The third-order valence-electron chi connectivity index (χ3n) is 4.65. The van der Waals surface area contributed by atoms with Crippen molar-refractivity contribution < 1.29 is 27.4 Å². The molecule has 162 valence electrons. The van der Waals surface area contributed by atoms with Crippen molar-refractivity contribution in [2.45, 2.75) is 30.8 Å². The summed E-state index contributed by atoms with van der Waals surface area (Å²) in [6.45, 7) is 3.22. The van der Waals surface area contributed by atoms with E-state index in [2.05, 4.69) is 10.0 Å². The lowest BCUT2D eigenvalue weighted by Gasteiger charge is -2.13. The second-order valence-electron chi connectivity index (χ2n) is 6.77. The molecule has 1 saturated heterocycles. The molecule has 2 aromatic carbocycles. The number of hydrogen-bond acceptors (Lipinski definition) is 6. The lowest BCUT2D eigenvalue weighted by atomic mass is 10.2. The van der Waals surface area contributed by atoms with Gasteiger partial charge in [0.05, 0.1) is 24.7 Å². The maximum Gasteiger partial charge on any atom is 0.255 e. The smallest absolute Gasteiger partial charge is 0.255 e. The Labute approximate surface area is 176 Å². The first-order valence-corrected chi connectivity index (χ1v) is 11.2. The standard InChI is InChI=1S/C21H26N2O6S/c1-3-28-19-10-9-16(13-20(19)27-2)23-21(24)15-6-4-8-18(12-15)30(25,26)22-14-17-7-5-11-29-17/h4,6,8-10,12-13,17,22H,3,5,7,11,14H2,1-2H3,(H,23,24)/t17-/m1/s1. The fraction of sp³-hybridized carbons (Fsp3) is 0.381. The van der Waals surface area contributed by atoms with E-state index in [-0.39, 0.29) is 23.1 Å². The molecule has 0 aliphatic carbocycles. The molecule has 2 N–H and O–H groups in total. The summed E-state index contributed by atoms with van der Waals surface area (Å²) in [5.41, 5.74) is 0.730. The molecule has 0 saturated carbocycles. The van der Waals surface area contributed by atoms with E-state index in [0.717, 1.165) is 12.8 Å². The quantitative estimate of drug-likeness (QED) is 0.629. The molecule has 3 rings (SSSR count). The summed E-state index contributed by atoms with van der Waals surface area (Å²) in [7, 11) is -2.23. The van der Waals surface area contributed by atoms with Crippen molar-refractivity contribution in [3.05, 3.63) is 48.0 Å².